The molecule has 5 rings (SSSR count). The third kappa shape index (κ3) is 4.05. The number of carbonyl (C=O) groups is 1. The van der Waals surface area contributed by atoms with Gasteiger partial charge in [-0.3, -0.25) is 0 Å². The normalized spacial score (nSPS) is 15.3. The second-order valence-electron chi connectivity index (χ2n) is 8.39. The van der Waals surface area contributed by atoms with Crippen molar-refractivity contribution in [2.75, 3.05) is 5.32 Å². The molecular formula is C27H22F3N3O. The average molecular weight is 461 g/mol. The maximum Gasteiger partial charge on any atom is 0.416 e. The van der Waals surface area contributed by atoms with Crippen molar-refractivity contribution in [1.82, 2.24) is 9.47 Å². The van der Waals surface area contributed by atoms with Crippen LogP contribution in [0.3, 0.4) is 0 Å². The lowest BCUT2D eigenvalue weighted by Gasteiger charge is -2.31. The minimum Gasteiger partial charge on any atom is -0.318 e. The molecule has 7 heteroatoms. The Morgan fingerprint density at radius 3 is 2.53 bits per heavy atom. The number of amides is 2. The first-order valence-corrected chi connectivity index (χ1v) is 10.9. The summed E-state index contributed by atoms with van der Waals surface area (Å²) < 4.78 is 41.7. The fraction of sp³-hybridized carbons (Fsp3) is 0.148. The lowest BCUT2D eigenvalue weighted by Crippen LogP contribution is -2.38. The van der Waals surface area contributed by atoms with Crippen molar-refractivity contribution < 1.29 is 18.0 Å². The molecule has 2 amide bonds. The minimum atomic E-state index is -4.49. The summed E-state index contributed by atoms with van der Waals surface area (Å²) in [6.07, 6.45) is -2.53. The van der Waals surface area contributed by atoms with Crippen molar-refractivity contribution in [2.45, 2.75) is 25.7 Å². The molecule has 0 unspecified atom stereocenters. The molecule has 2 heterocycles. The SMILES string of the molecule is Cc1cccc([C@H]2c3cccn3-c3ccccc3CN2C(=O)Nc2cccc(C(F)(F)F)c2)c1. The molecular weight excluding hydrogens is 439 g/mol. The number of anilines is 1. The first-order chi connectivity index (χ1) is 16.3. The van der Waals surface area contributed by atoms with Gasteiger partial charge in [0.2, 0.25) is 0 Å². The molecule has 3 aromatic carbocycles. The molecule has 34 heavy (non-hydrogen) atoms. The average Bonchev–Trinajstić information content (AvgIpc) is 3.23. The molecule has 1 N–H and O–H groups in total. The number of nitrogens with one attached hydrogen (secondary N) is 1. The molecule has 0 saturated carbocycles. The number of carbonyl (C=O) groups excluding carboxylic acids is 1. The Bertz CT molecular complexity index is 1360. The summed E-state index contributed by atoms with van der Waals surface area (Å²) in [6.45, 7) is 2.28. The summed E-state index contributed by atoms with van der Waals surface area (Å²) in [5.74, 6) is 0. The van der Waals surface area contributed by atoms with Gasteiger partial charge in [-0.2, -0.15) is 13.2 Å². The number of para-hydroxylation sites is 1. The molecule has 0 spiro atoms. The number of alkyl halides is 3. The zero-order valence-corrected chi connectivity index (χ0v) is 18.4. The van der Waals surface area contributed by atoms with Crippen LogP contribution in [0.5, 0.6) is 0 Å². The van der Waals surface area contributed by atoms with Crippen LogP contribution in [0, 0.1) is 6.92 Å². The number of fused-ring (bicyclic) bond motifs is 3. The summed E-state index contributed by atoms with van der Waals surface area (Å²) in [7, 11) is 0. The largest absolute Gasteiger partial charge is 0.416 e. The number of nitrogens with zero attached hydrogens (tertiary/aromatic N) is 2. The number of rotatable bonds is 2. The second-order valence-corrected chi connectivity index (χ2v) is 8.39. The third-order valence-electron chi connectivity index (χ3n) is 6.02. The number of aromatic nitrogens is 1. The van der Waals surface area contributed by atoms with E-state index in [1.807, 2.05) is 73.8 Å². The first kappa shape index (κ1) is 21.8. The van der Waals surface area contributed by atoms with Crippen molar-refractivity contribution in [3.63, 3.8) is 0 Å². The van der Waals surface area contributed by atoms with E-state index in [1.165, 1.54) is 12.1 Å². The van der Waals surface area contributed by atoms with Crippen LogP contribution >= 0.6 is 0 Å². The fourth-order valence-corrected chi connectivity index (χ4v) is 4.50. The van der Waals surface area contributed by atoms with Gasteiger partial charge in [-0.1, -0.05) is 54.1 Å². The van der Waals surface area contributed by atoms with E-state index in [1.54, 1.807) is 4.90 Å². The number of hydrogen-bond acceptors (Lipinski definition) is 1. The van der Waals surface area contributed by atoms with E-state index in [2.05, 4.69) is 9.88 Å². The highest BCUT2D eigenvalue weighted by Gasteiger charge is 2.34. The Hall–Kier alpha value is -4.00. The molecule has 1 aromatic heterocycles. The molecule has 0 fully saturated rings. The molecule has 1 aliphatic rings. The van der Waals surface area contributed by atoms with Crippen LogP contribution in [0.1, 0.15) is 34.0 Å². The Balaban J connectivity index is 1.60. The summed E-state index contributed by atoms with van der Waals surface area (Å²) in [4.78, 5) is 15.3. The van der Waals surface area contributed by atoms with E-state index in [9.17, 15) is 18.0 Å². The van der Waals surface area contributed by atoms with Gasteiger partial charge in [-0.05, 0) is 54.4 Å². The third-order valence-corrected chi connectivity index (χ3v) is 6.02. The summed E-state index contributed by atoms with van der Waals surface area (Å²) in [5, 5.41) is 2.70. The van der Waals surface area contributed by atoms with Crippen molar-refractivity contribution in [3.05, 3.63) is 119 Å². The highest BCUT2D eigenvalue weighted by atomic mass is 19.4. The lowest BCUT2D eigenvalue weighted by molar-refractivity contribution is -0.137. The van der Waals surface area contributed by atoms with Crippen LogP contribution in [-0.4, -0.2) is 15.5 Å². The summed E-state index contributed by atoms with van der Waals surface area (Å²) in [6, 6.07) is 23.4. The van der Waals surface area contributed by atoms with Crippen molar-refractivity contribution in [2.24, 2.45) is 0 Å². The minimum absolute atomic E-state index is 0.0933. The van der Waals surface area contributed by atoms with E-state index in [0.29, 0.717) is 6.54 Å². The first-order valence-electron chi connectivity index (χ1n) is 10.9. The smallest absolute Gasteiger partial charge is 0.318 e. The lowest BCUT2D eigenvalue weighted by atomic mass is 10.00. The molecule has 4 aromatic rings. The molecule has 0 saturated heterocycles. The van der Waals surface area contributed by atoms with Gasteiger partial charge in [-0.25, -0.2) is 4.79 Å². The van der Waals surface area contributed by atoms with Crippen molar-refractivity contribution >= 4 is 11.7 Å². The number of halogens is 3. The quantitative estimate of drug-likeness (QED) is 0.345. The predicted molar refractivity (Wildman–Crippen MR) is 125 cm³/mol. The number of benzene rings is 3. The summed E-state index contributed by atoms with van der Waals surface area (Å²) >= 11 is 0. The van der Waals surface area contributed by atoms with Gasteiger partial charge >= 0.3 is 12.2 Å². The van der Waals surface area contributed by atoms with Crippen LogP contribution in [0.15, 0.2) is 91.1 Å². The maximum absolute atomic E-state index is 13.6. The van der Waals surface area contributed by atoms with Crippen LogP contribution in [0.25, 0.3) is 5.69 Å². The zero-order valence-electron chi connectivity index (χ0n) is 18.4. The standard InChI is InChI=1S/C27H22F3N3O/c1-18-7-4-9-19(15-18)25-24-13-6-14-32(24)23-12-3-2-8-20(23)17-33(25)26(34)31-22-11-5-10-21(16-22)27(28,29)30/h2-16,25H,17H2,1H3,(H,31,34)/t25-/m0/s1. The highest BCUT2D eigenvalue weighted by Crippen LogP contribution is 2.37. The molecule has 0 bridgehead atoms. The number of urea groups is 1. The van der Waals surface area contributed by atoms with Crippen LogP contribution in [0.4, 0.5) is 23.7 Å². The summed E-state index contributed by atoms with van der Waals surface area (Å²) in [5.41, 5.74) is 4.06. The van der Waals surface area contributed by atoms with Gasteiger partial charge < -0.3 is 14.8 Å². The Morgan fingerprint density at radius 1 is 0.941 bits per heavy atom. The van der Waals surface area contributed by atoms with E-state index in [0.717, 1.165) is 40.2 Å². The maximum atomic E-state index is 13.6. The monoisotopic (exact) mass is 461 g/mol. The van der Waals surface area contributed by atoms with Gasteiger partial charge in [-0.15, -0.1) is 0 Å². The fourth-order valence-electron chi connectivity index (χ4n) is 4.50. The molecule has 4 nitrogen and oxygen atoms in total. The Kier molecular flexibility index (Phi) is 5.40. The van der Waals surface area contributed by atoms with E-state index < -0.39 is 23.8 Å². The molecule has 0 aliphatic carbocycles. The van der Waals surface area contributed by atoms with E-state index in [4.69, 9.17) is 0 Å². The number of aryl methyl sites for hydroxylation is 1. The topological polar surface area (TPSA) is 37.3 Å². The van der Waals surface area contributed by atoms with Crippen LogP contribution in [-0.2, 0) is 12.7 Å². The van der Waals surface area contributed by atoms with E-state index in [-0.39, 0.29) is 5.69 Å². The van der Waals surface area contributed by atoms with Gasteiger partial charge in [0.25, 0.3) is 0 Å². The van der Waals surface area contributed by atoms with E-state index >= 15 is 0 Å². The van der Waals surface area contributed by atoms with Crippen molar-refractivity contribution in [3.8, 4) is 5.69 Å². The molecule has 172 valence electrons. The zero-order chi connectivity index (χ0) is 23.9. The highest BCUT2D eigenvalue weighted by molar-refractivity contribution is 5.90. The molecule has 0 radical (unpaired) electrons. The van der Waals surface area contributed by atoms with Gasteiger partial charge in [0.15, 0.2) is 0 Å². The van der Waals surface area contributed by atoms with Gasteiger partial charge in [0.05, 0.1) is 23.8 Å². The number of hydrogen-bond donors (Lipinski definition) is 1. The molecule has 1 atom stereocenters. The predicted octanol–water partition coefficient (Wildman–Crippen LogP) is 6.94. The molecule has 1 aliphatic heterocycles. The second kappa shape index (κ2) is 8.41. The van der Waals surface area contributed by atoms with Crippen molar-refractivity contribution in [1.29, 1.82) is 0 Å². The van der Waals surface area contributed by atoms with Gasteiger partial charge in [0.1, 0.15) is 0 Å². The van der Waals surface area contributed by atoms with Crippen LogP contribution < -0.4 is 5.32 Å². The Labute approximate surface area is 195 Å². The van der Waals surface area contributed by atoms with Crippen LogP contribution in [0.2, 0.25) is 0 Å². The Morgan fingerprint density at radius 2 is 1.74 bits per heavy atom. The van der Waals surface area contributed by atoms with Gasteiger partial charge in [0, 0.05) is 17.6 Å².